The van der Waals surface area contributed by atoms with Crippen LogP contribution in [0.25, 0.3) is 0 Å². The van der Waals surface area contributed by atoms with Crippen LogP contribution in [0.15, 0.2) is 0 Å². The van der Waals surface area contributed by atoms with Crippen LogP contribution in [0.3, 0.4) is 0 Å². The third-order valence-electron chi connectivity index (χ3n) is 3.41. The number of hydrogen-bond donors (Lipinski definition) is 2. The van der Waals surface area contributed by atoms with Crippen LogP contribution in [0.5, 0.6) is 0 Å². The van der Waals surface area contributed by atoms with Gasteiger partial charge in [0.2, 0.25) is 0 Å². The second-order valence-electron chi connectivity index (χ2n) is 5.56. The first kappa shape index (κ1) is 16.6. The van der Waals surface area contributed by atoms with Crippen LogP contribution < -0.4 is 5.32 Å². The molecular weight excluding hydrogens is 277 g/mol. The zero-order valence-corrected chi connectivity index (χ0v) is 11.5. The van der Waals surface area contributed by atoms with Gasteiger partial charge in [-0.15, -0.1) is 0 Å². The van der Waals surface area contributed by atoms with E-state index in [1.807, 2.05) is 0 Å². The Bertz CT molecular complexity index is 387. The van der Waals surface area contributed by atoms with Crippen molar-refractivity contribution in [2.75, 3.05) is 13.1 Å². The highest BCUT2D eigenvalue weighted by molar-refractivity contribution is 5.78. The number of urea groups is 1. The number of alkyl halides is 3. The Kier molecular flexibility index (Phi) is 4.88. The zero-order chi connectivity index (χ0) is 15.6. The van der Waals surface area contributed by atoms with Crippen molar-refractivity contribution in [3.8, 4) is 0 Å². The van der Waals surface area contributed by atoms with Crippen molar-refractivity contribution in [2.24, 2.45) is 5.41 Å². The Morgan fingerprint density at radius 3 is 2.55 bits per heavy atom. The average molecular weight is 296 g/mol. The van der Waals surface area contributed by atoms with Gasteiger partial charge in [0.05, 0.1) is 11.8 Å². The number of carbonyl (C=O) groups excluding carboxylic acids is 1. The topological polar surface area (TPSA) is 69.6 Å². The summed E-state index contributed by atoms with van der Waals surface area (Å²) in [6.45, 7) is 3.17. The Morgan fingerprint density at radius 2 is 2.05 bits per heavy atom. The summed E-state index contributed by atoms with van der Waals surface area (Å²) in [6.07, 6.45) is -4.49. The van der Waals surface area contributed by atoms with Gasteiger partial charge in [-0.1, -0.05) is 0 Å². The molecule has 1 saturated heterocycles. The summed E-state index contributed by atoms with van der Waals surface area (Å²) in [6, 6.07) is -1.69. The Morgan fingerprint density at radius 1 is 1.45 bits per heavy atom. The Hall–Kier alpha value is -1.47. The monoisotopic (exact) mass is 296 g/mol. The Balaban J connectivity index is 2.57. The van der Waals surface area contributed by atoms with Gasteiger partial charge >= 0.3 is 18.2 Å². The Labute approximate surface area is 115 Å². The standard InChI is InChI=1S/C12H19F3N2O3/c1-8(6-12(13,14)15)16-10(20)17-5-3-4-11(2,7-17)9(18)19/h8H,3-7H2,1-2H3,(H,16,20)(H,18,19). The molecule has 8 heteroatoms. The van der Waals surface area contributed by atoms with Gasteiger partial charge in [0.25, 0.3) is 0 Å². The highest BCUT2D eigenvalue weighted by Gasteiger charge is 2.40. The molecule has 1 rings (SSSR count). The molecule has 0 aromatic heterocycles. The minimum absolute atomic E-state index is 0.00685. The first-order valence-corrected chi connectivity index (χ1v) is 6.39. The summed E-state index contributed by atoms with van der Waals surface area (Å²) in [5.74, 6) is -1.00. The van der Waals surface area contributed by atoms with Crippen molar-refractivity contribution < 1.29 is 27.9 Å². The number of aliphatic carboxylic acids is 1. The molecule has 1 fully saturated rings. The second-order valence-corrected chi connectivity index (χ2v) is 5.56. The number of nitrogens with one attached hydrogen (secondary N) is 1. The van der Waals surface area contributed by atoms with Gasteiger partial charge < -0.3 is 15.3 Å². The van der Waals surface area contributed by atoms with E-state index in [-0.39, 0.29) is 6.54 Å². The molecule has 2 unspecified atom stereocenters. The van der Waals surface area contributed by atoms with Crippen molar-refractivity contribution >= 4 is 12.0 Å². The van der Waals surface area contributed by atoms with Crippen molar-refractivity contribution in [3.05, 3.63) is 0 Å². The number of carboxylic acids is 1. The fourth-order valence-electron chi connectivity index (χ4n) is 2.29. The summed E-state index contributed by atoms with van der Waals surface area (Å²) >= 11 is 0. The molecule has 0 spiro atoms. The first-order valence-electron chi connectivity index (χ1n) is 6.39. The number of piperidine rings is 1. The molecule has 116 valence electrons. The maximum absolute atomic E-state index is 12.2. The van der Waals surface area contributed by atoms with E-state index in [1.165, 1.54) is 18.7 Å². The van der Waals surface area contributed by atoms with Gasteiger partial charge in [0, 0.05) is 19.1 Å². The lowest BCUT2D eigenvalue weighted by Gasteiger charge is -2.37. The van der Waals surface area contributed by atoms with Gasteiger partial charge in [-0.2, -0.15) is 13.2 Å². The van der Waals surface area contributed by atoms with Crippen LogP contribution in [0.2, 0.25) is 0 Å². The van der Waals surface area contributed by atoms with Crippen LogP contribution in [0, 0.1) is 5.41 Å². The SMILES string of the molecule is CC(CC(F)(F)F)NC(=O)N1CCCC(C)(C(=O)O)C1. The van der Waals surface area contributed by atoms with E-state index in [1.54, 1.807) is 0 Å². The predicted molar refractivity (Wildman–Crippen MR) is 65.2 cm³/mol. The van der Waals surface area contributed by atoms with E-state index in [4.69, 9.17) is 5.11 Å². The van der Waals surface area contributed by atoms with E-state index >= 15 is 0 Å². The van der Waals surface area contributed by atoms with E-state index in [0.717, 1.165) is 0 Å². The van der Waals surface area contributed by atoms with Gasteiger partial charge in [0.1, 0.15) is 0 Å². The van der Waals surface area contributed by atoms with Crippen LogP contribution in [-0.2, 0) is 4.79 Å². The molecule has 1 aliphatic heterocycles. The van der Waals surface area contributed by atoms with Crippen molar-refractivity contribution in [1.82, 2.24) is 10.2 Å². The van der Waals surface area contributed by atoms with Crippen LogP contribution >= 0.6 is 0 Å². The highest BCUT2D eigenvalue weighted by atomic mass is 19.4. The van der Waals surface area contributed by atoms with Crippen molar-refractivity contribution in [1.29, 1.82) is 0 Å². The minimum Gasteiger partial charge on any atom is -0.481 e. The lowest BCUT2D eigenvalue weighted by atomic mass is 9.82. The van der Waals surface area contributed by atoms with Crippen LogP contribution in [0.1, 0.15) is 33.1 Å². The lowest BCUT2D eigenvalue weighted by Crippen LogP contribution is -2.53. The molecule has 0 bridgehead atoms. The van der Waals surface area contributed by atoms with Crippen LogP contribution in [-0.4, -0.2) is 47.3 Å². The number of carboxylic acid groups (broad SMARTS) is 1. The number of nitrogens with zero attached hydrogens (tertiary/aromatic N) is 1. The summed E-state index contributed by atoms with van der Waals surface area (Å²) in [5, 5.41) is 11.4. The molecule has 0 radical (unpaired) electrons. The summed E-state index contributed by atoms with van der Waals surface area (Å²) in [5.41, 5.74) is -1.04. The highest BCUT2D eigenvalue weighted by Crippen LogP contribution is 2.29. The number of rotatable bonds is 3. The molecule has 1 aliphatic rings. The number of halogens is 3. The molecule has 0 aliphatic carbocycles. The first-order chi connectivity index (χ1) is 9.03. The molecule has 0 aromatic carbocycles. The van der Waals surface area contributed by atoms with Crippen molar-refractivity contribution in [2.45, 2.75) is 45.3 Å². The minimum atomic E-state index is -4.34. The normalized spacial score (nSPS) is 25.1. The van der Waals surface area contributed by atoms with E-state index in [9.17, 15) is 22.8 Å². The van der Waals surface area contributed by atoms with Crippen LogP contribution in [0.4, 0.5) is 18.0 Å². The number of likely N-dealkylation sites (tertiary alicyclic amines) is 1. The number of amides is 2. The van der Waals surface area contributed by atoms with E-state index in [2.05, 4.69) is 5.32 Å². The zero-order valence-electron chi connectivity index (χ0n) is 11.5. The second kappa shape index (κ2) is 5.88. The average Bonchev–Trinajstić information content (AvgIpc) is 2.26. The maximum Gasteiger partial charge on any atom is 0.391 e. The summed E-state index contributed by atoms with van der Waals surface area (Å²) < 4.78 is 36.6. The van der Waals surface area contributed by atoms with Crippen molar-refractivity contribution in [3.63, 3.8) is 0 Å². The smallest absolute Gasteiger partial charge is 0.391 e. The fourth-order valence-corrected chi connectivity index (χ4v) is 2.29. The predicted octanol–water partition coefficient (Wildman–Crippen LogP) is 2.22. The molecule has 20 heavy (non-hydrogen) atoms. The van der Waals surface area contributed by atoms with Gasteiger partial charge in [0.15, 0.2) is 0 Å². The fraction of sp³-hybridized carbons (Fsp3) is 0.833. The quantitative estimate of drug-likeness (QED) is 0.839. The van der Waals surface area contributed by atoms with Gasteiger partial charge in [-0.25, -0.2) is 4.79 Å². The molecule has 5 nitrogen and oxygen atoms in total. The molecule has 0 aromatic rings. The molecular formula is C12H19F3N2O3. The third-order valence-corrected chi connectivity index (χ3v) is 3.41. The molecule has 0 saturated carbocycles. The van der Waals surface area contributed by atoms with E-state index < -0.39 is 36.1 Å². The summed E-state index contributed by atoms with van der Waals surface area (Å²) in [7, 11) is 0. The molecule has 1 heterocycles. The number of carbonyl (C=O) groups is 2. The molecule has 2 N–H and O–H groups in total. The lowest BCUT2D eigenvalue weighted by molar-refractivity contribution is -0.150. The largest absolute Gasteiger partial charge is 0.481 e. The molecule has 2 atom stereocenters. The number of hydrogen-bond acceptors (Lipinski definition) is 2. The maximum atomic E-state index is 12.2. The molecule has 2 amide bonds. The van der Waals surface area contributed by atoms with Gasteiger partial charge in [-0.3, -0.25) is 4.79 Å². The third kappa shape index (κ3) is 4.57. The van der Waals surface area contributed by atoms with E-state index in [0.29, 0.717) is 19.4 Å². The summed E-state index contributed by atoms with van der Waals surface area (Å²) in [4.78, 5) is 24.3. The van der Waals surface area contributed by atoms with Gasteiger partial charge in [-0.05, 0) is 26.7 Å².